The van der Waals surface area contributed by atoms with Crippen LogP contribution < -0.4 is 4.74 Å². The summed E-state index contributed by atoms with van der Waals surface area (Å²) >= 11 is 0. The van der Waals surface area contributed by atoms with Gasteiger partial charge in [-0.25, -0.2) is 13.6 Å². The van der Waals surface area contributed by atoms with Crippen molar-refractivity contribution in [3.63, 3.8) is 0 Å². The maximum atomic E-state index is 13.3. The minimum atomic E-state index is -0.799. The summed E-state index contributed by atoms with van der Waals surface area (Å²) in [4.78, 5) is 11.8. The molecule has 20 heavy (non-hydrogen) atoms. The number of carbonyl (C=O) groups excluding carboxylic acids is 1. The summed E-state index contributed by atoms with van der Waals surface area (Å²) in [6.07, 6.45) is 0.288. The first-order chi connectivity index (χ1) is 9.56. The van der Waals surface area contributed by atoms with Crippen molar-refractivity contribution in [2.45, 2.75) is 6.42 Å². The van der Waals surface area contributed by atoms with Crippen LogP contribution in [0.15, 0.2) is 60.7 Å². The molecule has 0 aliphatic rings. The van der Waals surface area contributed by atoms with Crippen LogP contribution in [0.3, 0.4) is 0 Å². The normalized spacial score (nSPS) is 10.1. The van der Waals surface area contributed by atoms with E-state index < -0.39 is 23.4 Å². The Kier molecular flexibility index (Phi) is 4.25. The van der Waals surface area contributed by atoms with E-state index in [1.54, 1.807) is 0 Å². The van der Waals surface area contributed by atoms with Crippen molar-refractivity contribution in [3.8, 4) is 5.75 Å². The molecule has 0 heterocycles. The lowest BCUT2D eigenvalue weighted by Gasteiger charge is -2.07. The Morgan fingerprint density at radius 2 is 1.80 bits per heavy atom. The molecule has 0 atom stereocenters. The van der Waals surface area contributed by atoms with Crippen LogP contribution in [-0.4, -0.2) is 5.97 Å². The molecular formula is C16H12F2O2. The Balaban J connectivity index is 2.04. The van der Waals surface area contributed by atoms with Gasteiger partial charge in [0.25, 0.3) is 0 Å². The number of benzene rings is 2. The largest absolute Gasteiger partial charge is 0.420 e. The Morgan fingerprint density at radius 1 is 1.10 bits per heavy atom. The predicted molar refractivity (Wildman–Crippen MR) is 71.3 cm³/mol. The molecule has 102 valence electrons. The number of ether oxygens (including phenoxy) is 1. The molecule has 2 nitrogen and oxygen atoms in total. The second-order valence-electron chi connectivity index (χ2n) is 4.23. The van der Waals surface area contributed by atoms with Gasteiger partial charge in [-0.15, -0.1) is 0 Å². The van der Waals surface area contributed by atoms with Crippen LogP contribution in [0.4, 0.5) is 8.78 Å². The molecule has 0 aliphatic carbocycles. The zero-order chi connectivity index (χ0) is 14.5. The van der Waals surface area contributed by atoms with E-state index in [4.69, 9.17) is 4.74 Å². The summed E-state index contributed by atoms with van der Waals surface area (Å²) < 4.78 is 31.1. The number of carbonyl (C=O) groups is 1. The Morgan fingerprint density at radius 3 is 2.50 bits per heavy atom. The monoisotopic (exact) mass is 274 g/mol. The van der Waals surface area contributed by atoms with Gasteiger partial charge in [-0.1, -0.05) is 36.9 Å². The van der Waals surface area contributed by atoms with Gasteiger partial charge in [0.2, 0.25) is 0 Å². The summed E-state index contributed by atoms with van der Waals surface area (Å²) in [5.74, 6) is -2.70. The first kappa shape index (κ1) is 13.9. The summed E-state index contributed by atoms with van der Waals surface area (Å²) in [6, 6.07) is 11.9. The second kappa shape index (κ2) is 6.10. The van der Waals surface area contributed by atoms with Crippen LogP contribution in [0, 0.1) is 11.6 Å². The molecule has 0 fully saturated rings. The molecule has 0 N–H and O–H groups in total. The lowest BCUT2D eigenvalue weighted by atomic mass is 10.1. The molecule has 2 aromatic carbocycles. The molecule has 2 aromatic rings. The van der Waals surface area contributed by atoms with Gasteiger partial charge in [-0.3, -0.25) is 0 Å². The van der Waals surface area contributed by atoms with Gasteiger partial charge in [0, 0.05) is 18.1 Å². The number of hydrogen-bond donors (Lipinski definition) is 0. The Labute approximate surface area is 115 Å². The van der Waals surface area contributed by atoms with Crippen LogP contribution in [0.2, 0.25) is 0 Å². The third kappa shape index (κ3) is 3.51. The van der Waals surface area contributed by atoms with E-state index in [1.807, 2.05) is 30.3 Å². The molecule has 0 aliphatic heterocycles. The van der Waals surface area contributed by atoms with Gasteiger partial charge in [-0.05, 0) is 17.7 Å². The number of esters is 1. The van der Waals surface area contributed by atoms with E-state index in [-0.39, 0.29) is 12.0 Å². The molecule has 0 unspecified atom stereocenters. The predicted octanol–water partition coefficient (Wildman–Crippen LogP) is 3.67. The van der Waals surface area contributed by atoms with Crippen LogP contribution >= 0.6 is 0 Å². The van der Waals surface area contributed by atoms with Crippen molar-refractivity contribution in [2.75, 3.05) is 0 Å². The van der Waals surface area contributed by atoms with Crippen molar-refractivity contribution in [1.82, 2.24) is 0 Å². The maximum absolute atomic E-state index is 13.3. The highest BCUT2D eigenvalue weighted by atomic mass is 19.1. The molecule has 0 bridgehead atoms. The van der Waals surface area contributed by atoms with Crippen LogP contribution in [-0.2, 0) is 11.2 Å². The number of halogens is 2. The molecule has 0 radical (unpaired) electrons. The third-order valence-electron chi connectivity index (χ3n) is 2.64. The lowest BCUT2D eigenvalue weighted by Crippen LogP contribution is -2.13. The smallest absolute Gasteiger partial charge is 0.339 e. The summed E-state index contributed by atoms with van der Waals surface area (Å²) in [5.41, 5.74) is 1.05. The average Bonchev–Trinajstić information content (AvgIpc) is 2.44. The van der Waals surface area contributed by atoms with Crippen molar-refractivity contribution in [1.29, 1.82) is 0 Å². The van der Waals surface area contributed by atoms with E-state index >= 15 is 0 Å². The minimum Gasteiger partial charge on any atom is -0.420 e. The Hall–Kier alpha value is -2.49. The van der Waals surface area contributed by atoms with Crippen LogP contribution in [0.1, 0.15) is 5.56 Å². The van der Waals surface area contributed by atoms with E-state index in [9.17, 15) is 13.6 Å². The highest BCUT2D eigenvalue weighted by Gasteiger charge is 2.14. The maximum Gasteiger partial charge on any atom is 0.339 e. The van der Waals surface area contributed by atoms with Crippen molar-refractivity contribution < 1.29 is 18.3 Å². The molecule has 0 amide bonds. The van der Waals surface area contributed by atoms with Gasteiger partial charge < -0.3 is 4.74 Å². The molecular weight excluding hydrogens is 262 g/mol. The van der Waals surface area contributed by atoms with E-state index in [1.165, 1.54) is 0 Å². The number of rotatable bonds is 4. The molecule has 4 heteroatoms. The van der Waals surface area contributed by atoms with E-state index in [2.05, 4.69) is 6.58 Å². The zero-order valence-corrected chi connectivity index (χ0v) is 10.6. The zero-order valence-electron chi connectivity index (χ0n) is 10.6. The SMILES string of the molecule is C=C(Cc1ccccc1)C(=O)Oc1cc(F)ccc1F. The highest BCUT2D eigenvalue weighted by Crippen LogP contribution is 2.19. The molecule has 0 saturated heterocycles. The Bertz CT molecular complexity index is 636. The quantitative estimate of drug-likeness (QED) is 0.483. The van der Waals surface area contributed by atoms with Gasteiger partial charge in [0.15, 0.2) is 11.6 Å². The standard InChI is InChI=1S/C16H12F2O2/c1-11(9-12-5-3-2-4-6-12)16(19)20-15-10-13(17)7-8-14(15)18/h2-8,10H,1,9H2. The van der Waals surface area contributed by atoms with Gasteiger partial charge >= 0.3 is 5.97 Å². The average molecular weight is 274 g/mol. The first-order valence-electron chi connectivity index (χ1n) is 5.95. The van der Waals surface area contributed by atoms with E-state index in [0.29, 0.717) is 0 Å². The van der Waals surface area contributed by atoms with Gasteiger partial charge in [0.05, 0.1) is 0 Å². The molecule has 0 aromatic heterocycles. The van der Waals surface area contributed by atoms with Gasteiger partial charge in [0.1, 0.15) is 5.82 Å². The van der Waals surface area contributed by atoms with Crippen LogP contribution in [0.25, 0.3) is 0 Å². The van der Waals surface area contributed by atoms with Crippen molar-refractivity contribution in [2.24, 2.45) is 0 Å². The summed E-state index contributed by atoms with van der Waals surface area (Å²) in [6.45, 7) is 3.61. The number of hydrogen-bond acceptors (Lipinski definition) is 2. The topological polar surface area (TPSA) is 26.3 Å². The third-order valence-corrected chi connectivity index (χ3v) is 2.64. The summed E-state index contributed by atoms with van der Waals surface area (Å²) in [7, 11) is 0. The van der Waals surface area contributed by atoms with Crippen molar-refractivity contribution in [3.05, 3.63) is 77.9 Å². The van der Waals surface area contributed by atoms with Crippen LogP contribution in [0.5, 0.6) is 5.75 Å². The first-order valence-corrected chi connectivity index (χ1v) is 5.95. The minimum absolute atomic E-state index is 0.167. The molecule has 0 saturated carbocycles. The van der Waals surface area contributed by atoms with E-state index in [0.717, 1.165) is 23.8 Å². The fourth-order valence-electron chi connectivity index (χ4n) is 1.64. The highest BCUT2D eigenvalue weighted by molar-refractivity contribution is 5.90. The molecule has 2 rings (SSSR count). The molecule has 0 spiro atoms. The summed E-state index contributed by atoms with van der Waals surface area (Å²) in [5, 5.41) is 0. The van der Waals surface area contributed by atoms with Gasteiger partial charge in [-0.2, -0.15) is 0 Å². The lowest BCUT2D eigenvalue weighted by molar-refractivity contribution is -0.130. The van der Waals surface area contributed by atoms with Crippen molar-refractivity contribution >= 4 is 5.97 Å². The second-order valence-corrected chi connectivity index (χ2v) is 4.23. The fourth-order valence-corrected chi connectivity index (χ4v) is 1.64. The fraction of sp³-hybridized carbons (Fsp3) is 0.0625.